The van der Waals surface area contributed by atoms with Gasteiger partial charge in [0.15, 0.2) is 11.3 Å². The van der Waals surface area contributed by atoms with E-state index in [0.29, 0.717) is 13.2 Å². The summed E-state index contributed by atoms with van der Waals surface area (Å²) in [7, 11) is 0. The summed E-state index contributed by atoms with van der Waals surface area (Å²) < 4.78 is 5.71. The molecule has 0 bridgehead atoms. The molecule has 2 fully saturated rings. The first-order valence-electron chi connectivity index (χ1n) is 7.38. The summed E-state index contributed by atoms with van der Waals surface area (Å²) in [6, 6.07) is 1.89. The van der Waals surface area contributed by atoms with Crippen LogP contribution < -0.4 is 4.90 Å². The van der Waals surface area contributed by atoms with E-state index in [1.54, 1.807) is 6.20 Å². The third-order valence-electron chi connectivity index (χ3n) is 3.79. The lowest BCUT2D eigenvalue weighted by Crippen LogP contribution is -2.52. The lowest BCUT2D eigenvalue weighted by molar-refractivity contribution is -0.144. The van der Waals surface area contributed by atoms with E-state index in [-0.39, 0.29) is 12.0 Å². The van der Waals surface area contributed by atoms with Crippen LogP contribution in [-0.2, 0) is 9.53 Å². The van der Waals surface area contributed by atoms with Gasteiger partial charge in [0, 0.05) is 37.3 Å². The first kappa shape index (κ1) is 15.9. The summed E-state index contributed by atoms with van der Waals surface area (Å²) in [5, 5.41) is 0.750. The van der Waals surface area contributed by atoms with Crippen LogP contribution in [0.4, 0.5) is 5.82 Å². The molecule has 0 radical (unpaired) electrons. The van der Waals surface area contributed by atoms with E-state index in [2.05, 4.69) is 14.9 Å². The van der Waals surface area contributed by atoms with Crippen LogP contribution in [0, 0.1) is 0 Å². The number of nitrogens with zero attached hydrogens (tertiary/aromatic N) is 4. The number of anilines is 1. The largest absolute Gasteiger partial charge is 0.365 e. The van der Waals surface area contributed by atoms with Crippen molar-refractivity contribution in [2.75, 3.05) is 55.4 Å². The van der Waals surface area contributed by atoms with Crippen molar-refractivity contribution in [3.63, 3.8) is 0 Å². The first-order valence-corrected chi connectivity index (χ1v) is 9.76. The molecule has 2 aliphatic heterocycles. The van der Waals surface area contributed by atoms with Gasteiger partial charge in [-0.15, -0.1) is 0 Å². The Bertz CT molecular complexity index is 525. The van der Waals surface area contributed by atoms with Crippen LogP contribution >= 0.6 is 23.5 Å². The third kappa shape index (κ3) is 3.67. The van der Waals surface area contributed by atoms with E-state index in [0.717, 1.165) is 42.1 Å². The number of hydrogen-bond acceptors (Lipinski definition) is 7. The van der Waals surface area contributed by atoms with Crippen molar-refractivity contribution < 1.29 is 9.53 Å². The van der Waals surface area contributed by atoms with Crippen LogP contribution in [-0.4, -0.2) is 77.4 Å². The molecular weight excluding hydrogens is 320 g/mol. The second-order valence-electron chi connectivity index (χ2n) is 5.14. The molecule has 0 spiro atoms. The molecule has 3 rings (SSSR count). The van der Waals surface area contributed by atoms with Gasteiger partial charge in [0.05, 0.1) is 13.2 Å². The van der Waals surface area contributed by atoms with Gasteiger partial charge in [0.25, 0.3) is 5.91 Å². The number of aromatic nitrogens is 2. The van der Waals surface area contributed by atoms with Gasteiger partial charge >= 0.3 is 0 Å². The van der Waals surface area contributed by atoms with Gasteiger partial charge in [0.2, 0.25) is 0 Å². The fourth-order valence-corrected chi connectivity index (χ4v) is 3.85. The Kier molecular flexibility index (Phi) is 5.43. The third-order valence-corrected chi connectivity index (χ3v) is 5.29. The quantitative estimate of drug-likeness (QED) is 0.600. The minimum atomic E-state index is -0.385. The summed E-state index contributed by atoms with van der Waals surface area (Å²) in [4.78, 5) is 25.3. The summed E-state index contributed by atoms with van der Waals surface area (Å²) in [5.74, 6) is 3.02. The highest BCUT2D eigenvalue weighted by Gasteiger charge is 2.31. The number of morpholine rings is 1. The van der Waals surface area contributed by atoms with E-state index in [9.17, 15) is 4.79 Å². The summed E-state index contributed by atoms with van der Waals surface area (Å²) >= 11 is 3.42. The van der Waals surface area contributed by atoms with Gasteiger partial charge in [-0.05, 0) is 12.3 Å². The Labute approximate surface area is 139 Å². The van der Waals surface area contributed by atoms with Crippen LogP contribution in [0.1, 0.15) is 0 Å². The highest BCUT2D eigenvalue weighted by molar-refractivity contribution is 7.99. The summed E-state index contributed by atoms with van der Waals surface area (Å²) in [5.41, 5.74) is 0. The molecule has 1 aromatic heterocycles. The monoisotopic (exact) mass is 340 g/mol. The van der Waals surface area contributed by atoms with Gasteiger partial charge in [0.1, 0.15) is 5.82 Å². The molecule has 0 aliphatic carbocycles. The smallest absolute Gasteiger partial charge is 0.253 e. The number of amides is 1. The number of carbonyl (C=O) groups excluding carboxylic acids is 1. The molecule has 2 aliphatic rings. The second-order valence-corrected chi connectivity index (χ2v) is 7.14. The average molecular weight is 340 g/mol. The minimum Gasteiger partial charge on any atom is -0.365 e. The topological polar surface area (TPSA) is 58.6 Å². The zero-order valence-corrected chi connectivity index (χ0v) is 14.2. The van der Waals surface area contributed by atoms with Gasteiger partial charge in [-0.3, -0.25) is 4.79 Å². The lowest BCUT2D eigenvalue weighted by atomic mass is 10.2. The normalized spacial score (nSPS) is 22.7. The van der Waals surface area contributed by atoms with Gasteiger partial charge in [-0.25, -0.2) is 9.97 Å². The Balaban J connectivity index is 1.66. The molecule has 0 N–H and O–H groups in total. The van der Waals surface area contributed by atoms with Gasteiger partial charge in [-0.2, -0.15) is 11.8 Å². The summed E-state index contributed by atoms with van der Waals surface area (Å²) in [6.07, 6.45) is 3.34. The molecule has 120 valence electrons. The average Bonchev–Trinajstić information content (AvgIpc) is 2.62. The van der Waals surface area contributed by atoms with E-state index >= 15 is 0 Å². The molecule has 22 heavy (non-hydrogen) atoms. The van der Waals surface area contributed by atoms with Crippen LogP contribution in [0.5, 0.6) is 0 Å². The van der Waals surface area contributed by atoms with Crippen molar-refractivity contribution >= 4 is 35.2 Å². The van der Waals surface area contributed by atoms with Crippen LogP contribution in [0.3, 0.4) is 0 Å². The Hall–Kier alpha value is -0.990. The molecule has 1 amide bonds. The number of ether oxygens (including phenoxy) is 1. The summed E-state index contributed by atoms with van der Waals surface area (Å²) in [6.45, 7) is 3.52. The van der Waals surface area contributed by atoms with Crippen molar-refractivity contribution in [3.8, 4) is 0 Å². The van der Waals surface area contributed by atoms with Crippen molar-refractivity contribution in [2.45, 2.75) is 11.3 Å². The van der Waals surface area contributed by atoms with Gasteiger partial charge < -0.3 is 14.5 Å². The molecule has 8 heteroatoms. The predicted octanol–water partition coefficient (Wildman–Crippen LogP) is 0.979. The van der Waals surface area contributed by atoms with Crippen molar-refractivity contribution in [3.05, 3.63) is 12.3 Å². The fourth-order valence-electron chi connectivity index (χ4n) is 2.60. The molecule has 1 aromatic rings. The molecule has 3 heterocycles. The molecule has 1 atom stereocenters. The van der Waals surface area contributed by atoms with Crippen molar-refractivity contribution in [1.29, 1.82) is 0 Å². The molecule has 1 unspecified atom stereocenters. The molecule has 0 aromatic carbocycles. The number of hydrogen-bond donors (Lipinski definition) is 0. The number of carbonyl (C=O) groups is 1. The van der Waals surface area contributed by atoms with E-state index in [1.807, 2.05) is 29.0 Å². The maximum Gasteiger partial charge on any atom is 0.253 e. The van der Waals surface area contributed by atoms with Crippen molar-refractivity contribution in [2.24, 2.45) is 0 Å². The van der Waals surface area contributed by atoms with Crippen molar-refractivity contribution in [1.82, 2.24) is 14.9 Å². The standard InChI is InChI=1S/C14H20N4O2S2/c1-21-14-15-3-2-12(16-14)18-4-7-20-11(10-18)13(19)17-5-8-22-9-6-17/h2-3,11H,4-10H2,1H3. The van der Waals surface area contributed by atoms with Crippen LogP contribution in [0.25, 0.3) is 0 Å². The molecular formula is C14H20N4O2S2. The maximum atomic E-state index is 12.6. The fraction of sp³-hybridized carbons (Fsp3) is 0.643. The predicted molar refractivity (Wildman–Crippen MR) is 89.7 cm³/mol. The zero-order chi connectivity index (χ0) is 15.4. The highest BCUT2D eigenvalue weighted by Crippen LogP contribution is 2.19. The maximum absolute atomic E-state index is 12.6. The number of rotatable bonds is 3. The van der Waals surface area contributed by atoms with Crippen LogP contribution in [0.2, 0.25) is 0 Å². The van der Waals surface area contributed by atoms with E-state index < -0.39 is 0 Å². The number of thioether (sulfide) groups is 2. The van der Waals surface area contributed by atoms with Gasteiger partial charge in [-0.1, -0.05) is 11.8 Å². The molecule has 2 saturated heterocycles. The second kappa shape index (κ2) is 7.52. The minimum absolute atomic E-state index is 0.115. The van der Waals surface area contributed by atoms with E-state index in [4.69, 9.17) is 4.74 Å². The Morgan fingerprint density at radius 2 is 2.23 bits per heavy atom. The van der Waals surface area contributed by atoms with Crippen LogP contribution in [0.15, 0.2) is 17.4 Å². The molecule has 0 saturated carbocycles. The SMILES string of the molecule is CSc1nccc(N2CCOC(C(=O)N3CCSCC3)C2)n1. The Morgan fingerprint density at radius 1 is 1.41 bits per heavy atom. The first-order chi connectivity index (χ1) is 10.8. The highest BCUT2D eigenvalue weighted by atomic mass is 32.2. The van der Waals surface area contributed by atoms with E-state index in [1.165, 1.54) is 11.8 Å². The molecule has 6 nitrogen and oxygen atoms in total. The lowest BCUT2D eigenvalue weighted by Gasteiger charge is -2.36. The zero-order valence-electron chi connectivity index (χ0n) is 12.6. The Morgan fingerprint density at radius 3 is 3.00 bits per heavy atom.